The molecule has 0 aliphatic carbocycles. The molecule has 2 amide bonds. The molecule has 10 heteroatoms. The third kappa shape index (κ3) is 8.53. The van der Waals surface area contributed by atoms with Crippen molar-refractivity contribution in [3.63, 3.8) is 0 Å². The fourth-order valence-electron chi connectivity index (χ4n) is 6.29. The molecule has 5 aromatic rings. The zero-order valence-electron chi connectivity index (χ0n) is 27.4. The highest BCUT2D eigenvalue weighted by atomic mass is 16.5. The summed E-state index contributed by atoms with van der Waals surface area (Å²) in [7, 11) is 1.45. The molecule has 252 valence electrons. The molecular weight excluding hydrogens is 618 g/mol. The molecule has 4 aromatic carbocycles. The number of nitrogens with one attached hydrogen (secondary N) is 2. The maximum absolute atomic E-state index is 14.1. The van der Waals surface area contributed by atoms with Crippen LogP contribution in [0.2, 0.25) is 0 Å². The average molecular weight is 660 g/mol. The van der Waals surface area contributed by atoms with E-state index in [2.05, 4.69) is 15.6 Å². The number of carbonyl (C=O) groups is 2. The van der Waals surface area contributed by atoms with Crippen LogP contribution >= 0.6 is 0 Å². The molecule has 0 bridgehead atoms. The van der Waals surface area contributed by atoms with Gasteiger partial charge >= 0.3 is 6.09 Å². The number of aromatic nitrogens is 2. The summed E-state index contributed by atoms with van der Waals surface area (Å²) in [5.74, 6) is -0.153. The van der Waals surface area contributed by atoms with Crippen molar-refractivity contribution in [1.29, 1.82) is 0 Å². The van der Waals surface area contributed by atoms with Crippen LogP contribution in [-0.2, 0) is 16.0 Å². The first-order valence-corrected chi connectivity index (χ1v) is 16.5. The van der Waals surface area contributed by atoms with Gasteiger partial charge in [0, 0.05) is 49.8 Å². The van der Waals surface area contributed by atoms with Gasteiger partial charge in [-0.05, 0) is 59.9 Å². The number of likely N-dealkylation sites (N-methyl/N-ethyl adjacent to an activating group) is 1. The first-order chi connectivity index (χ1) is 24.0. The number of ether oxygens (including phenoxy) is 2. The first-order valence-electron chi connectivity index (χ1n) is 16.5. The quantitative estimate of drug-likeness (QED) is 0.142. The van der Waals surface area contributed by atoms with E-state index in [9.17, 15) is 14.7 Å². The highest BCUT2D eigenvalue weighted by molar-refractivity contribution is 5.98. The molecule has 3 N–H and O–H groups in total. The Morgan fingerprint density at radius 2 is 1.59 bits per heavy atom. The van der Waals surface area contributed by atoms with Crippen LogP contribution in [0.25, 0.3) is 5.69 Å². The summed E-state index contributed by atoms with van der Waals surface area (Å²) in [5.41, 5.74) is 4.31. The van der Waals surface area contributed by atoms with E-state index in [-0.39, 0.29) is 12.2 Å². The largest absolute Gasteiger partial charge is 0.491 e. The van der Waals surface area contributed by atoms with E-state index >= 15 is 0 Å². The van der Waals surface area contributed by atoms with E-state index in [1.54, 1.807) is 12.5 Å². The minimum Gasteiger partial charge on any atom is -0.491 e. The molecule has 0 spiro atoms. The number of amides is 2. The van der Waals surface area contributed by atoms with E-state index in [4.69, 9.17) is 9.47 Å². The number of carbonyl (C=O) groups excluding carboxylic acids is 1. The monoisotopic (exact) mass is 659 g/mol. The van der Waals surface area contributed by atoms with E-state index in [1.165, 1.54) is 7.05 Å². The van der Waals surface area contributed by atoms with E-state index in [1.807, 2.05) is 120 Å². The molecule has 1 aliphatic heterocycles. The molecule has 1 saturated heterocycles. The van der Waals surface area contributed by atoms with Crippen LogP contribution in [0.4, 0.5) is 10.5 Å². The zero-order chi connectivity index (χ0) is 34.0. The van der Waals surface area contributed by atoms with Crippen LogP contribution in [0.1, 0.15) is 29.0 Å². The molecule has 1 fully saturated rings. The second-order valence-electron chi connectivity index (χ2n) is 12.1. The van der Waals surface area contributed by atoms with Gasteiger partial charge in [0.2, 0.25) is 5.91 Å². The lowest BCUT2D eigenvalue weighted by Crippen LogP contribution is -2.48. The number of carboxylic acid groups (broad SMARTS) is 1. The molecule has 6 rings (SSSR count). The van der Waals surface area contributed by atoms with Crippen molar-refractivity contribution in [2.24, 2.45) is 0 Å². The van der Waals surface area contributed by atoms with E-state index < -0.39 is 24.0 Å². The second kappa shape index (κ2) is 16.1. The van der Waals surface area contributed by atoms with Gasteiger partial charge in [0.15, 0.2) is 0 Å². The standard InChI is InChI=1S/C39H41N5O5/c1-43(39(46)47)37(36(29-11-4-2-5-12-29)30-13-6-3-7-14-30)38(45)42-35-15-9-8-10-28(35)16-19-33-24-41-25-34(49-33)26-48-32-20-17-31(18-21-32)44-23-22-40-27-44/h2-15,17-18,20-23,27,33-34,36-37,41H,16,19,24-26H2,1H3,(H,42,45)(H,46,47)/t33-,34+,37+/m1/s1. The number of hydrogen-bond donors (Lipinski definition) is 3. The van der Waals surface area contributed by atoms with Crippen LogP contribution in [0.5, 0.6) is 5.75 Å². The molecular formula is C39H41N5O5. The number of morpholine rings is 1. The molecule has 10 nitrogen and oxygen atoms in total. The van der Waals surface area contributed by atoms with Gasteiger partial charge in [-0.2, -0.15) is 0 Å². The third-order valence-electron chi connectivity index (χ3n) is 8.84. The van der Waals surface area contributed by atoms with Crippen LogP contribution in [-0.4, -0.2) is 76.6 Å². The highest BCUT2D eigenvalue weighted by Gasteiger charge is 2.37. The molecule has 0 radical (unpaired) electrons. The zero-order valence-corrected chi connectivity index (χ0v) is 27.4. The fourth-order valence-corrected chi connectivity index (χ4v) is 6.29. The van der Waals surface area contributed by atoms with Crippen molar-refractivity contribution < 1.29 is 24.2 Å². The van der Waals surface area contributed by atoms with Gasteiger partial charge in [-0.3, -0.25) is 9.69 Å². The average Bonchev–Trinajstić information content (AvgIpc) is 3.69. The van der Waals surface area contributed by atoms with Gasteiger partial charge in [-0.15, -0.1) is 0 Å². The second-order valence-corrected chi connectivity index (χ2v) is 12.1. The van der Waals surface area contributed by atoms with Crippen molar-refractivity contribution in [1.82, 2.24) is 19.8 Å². The van der Waals surface area contributed by atoms with Gasteiger partial charge in [0.1, 0.15) is 24.5 Å². The normalized spacial score (nSPS) is 16.5. The number of benzene rings is 4. The summed E-state index contributed by atoms with van der Waals surface area (Å²) in [4.78, 5) is 31.7. The lowest BCUT2D eigenvalue weighted by atomic mass is 9.84. The molecule has 3 atom stereocenters. The predicted molar refractivity (Wildman–Crippen MR) is 188 cm³/mol. The van der Waals surface area contributed by atoms with Gasteiger partial charge in [-0.1, -0.05) is 78.9 Å². The predicted octanol–water partition coefficient (Wildman–Crippen LogP) is 5.99. The molecule has 2 heterocycles. The minimum absolute atomic E-state index is 0.0406. The third-order valence-corrected chi connectivity index (χ3v) is 8.84. The maximum Gasteiger partial charge on any atom is 0.407 e. The van der Waals surface area contributed by atoms with Gasteiger partial charge in [0.05, 0.1) is 12.4 Å². The van der Waals surface area contributed by atoms with Crippen LogP contribution < -0.4 is 15.4 Å². The number of anilines is 1. The smallest absolute Gasteiger partial charge is 0.407 e. The Kier molecular flexibility index (Phi) is 11.0. The Hall–Kier alpha value is -5.45. The van der Waals surface area contributed by atoms with Crippen molar-refractivity contribution >= 4 is 17.7 Å². The number of nitrogens with zero attached hydrogens (tertiary/aromatic N) is 3. The topological polar surface area (TPSA) is 118 Å². The Morgan fingerprint density at radius 1 is 0.939 bits per heavy atom. The van der Waals surface area contributed by atoms with Crippen LogP contribution in [0, 0.1) is 0 Å². The number of hydrogen-bond acceptors (Lipinski definition) is 6. The van der Waals surface area contributed by atoms with Crippen molar-refractivity contribution in [3.05, 3.63) is 145 Å². The summed E-state index contributed by atoms with van der Waals surface area (Å²) >= 11 is 0. The van der Waals surface area contributed by atoms with E-state index in [0.717, 1.165) is 39.4 Å². The fraction of sp³-hybridized carbons (Fsp3) is 0.256. The van der Waals surface area contributed by atoms with Crippen molar-refractivity contribution in [3.8, 4) is 11.4 Å². The van der Waals surface area contributed by atoms with Gasteiger partial charge < -0.3 is 29.8 Å². The Balaban J connectivity index is 1.10. The number of para-hydroxylation sites is 1. The van der Waals surface area contributed by atoms with Gasteiger partial charge in [-0.25, -0.2) is 9.78 Å². The summed E-state index contributed by atoms with van der Waals surface area (Å²) in [6.07, 6.45) is 5.45. The van der Waals surface area contributed by atoms with Crippen LogP contribution in [0.15, 0.2) is 128 Å². The summed E-state index contributed by atoms with van der Waals surface area (Å²) < 4.78 is 14.4. The van der Waals surface area contributed by atoms with Crippen LogP contribution in [0.3, 0.4) is 0 Å². The Morgan fingerprint density at radius 3 is 2.24 bits per heavy atom. The Labute approximate surface area is 286 Å². The summed E-state index contributed by atoms with van der Waals surface area (Å²) in [5, 5.41) is 16.6. The van der Waals surface area contributed by atoms with Crippen molar-refractivity contribution in [2.75, 3.05) is 32.1 Å². The minimum atomic E-state index is -1.18. The van der Waals surface area contributed by atoms with E-state index in [0.29, 0.717) is 31.8 Å². The number of rotatable bonds is 13. The molecule has 0 unspecified atom stereocenters. The summed E-state index contributed by atoms with van der Waals surface area (Å²) in [6, 6.07) is 33.6. The van der Waals surface area contributed by atoms with Crippen molar-refractivity contribution in [2.45, 2.75) is 37.0 Å². The molecule has 49 heavy (non-hydrogen) atoms. The summed E-state index contributed by atoms with van der Waals surface area (Å²) in [6.45, 7) is 1.83. The lowest BCUT2D eigenvalue weighted by Gasteiger charge is -2.33. The van der Waals surface area contributed by atoms with Gasteiger partial charge in [0.25, 0.3) is 0 Å². The highest BCUT2D eigenvalue weighted by Crippen LogP contribution is 2.32. The molecule has 1 aliphatic rings. The molecule has 0 saturated carbocycles. The SMILES string of the molecule is CN(C(=O)O)[C@H](C(=O)Nc1ccccc1CC[C@@H]1CNC[C@@H](COc2ccc(-n3ccnc3)cc2)O1)C(c1ccccc1)c1ccccc1. The molecule has 1 aromatic heterocycles. The lowest BCUT2D eigenvalue weighted by molar-refractivity contribution is -0.120. The number of aryl methyl sites for hydroxylation is 1. The Bertz CT molecular complexity index is 1740. The first kappa shape index (κ1) is 33.5. The number of imidazole rings is 1. The maximum atomic E-state index is 14.1.